The van der Waals surface area contributed by atoms with Crippen molar-refractivity contribution in [2.45, 2.75) is 0 Å². The third-order valence-corrected chi connectivity index (χ3v) is 9.08. The molecule has 200 valence electrons. The van der Waals surface area contributed by atoms with Crippen molar-refractivity contribution in [3.63, 3.8) is 0 Å². The number of furan rings is 1. The molecule has 0 aliphatic carbocycles. The quantitative estimate of drug-likeness (QED) is 0.211. The first-order valence-electron chi connectivity index (χ1n) is 14.7. The van der Waals surface area contributed by atoms with Gasteiger partial charge >= 0.3 is 0 Å². The van der Waals surface area contributed by atoms with Gasteiger partial charge in [0, 0.05) is 32.6 Å². The van der Waals surface area contributed by atoms with E-state index in [2.05, 4.69) is 149 Å². The summed E-state index contributed by atoms with van der Waals surface area (Å²) in [6.07, 6.45) is 0. The number of benzene rings is 7. The van der Waals surface area contributed by atoms with Gasteiger partial charge in [0.2, 0.25) is 0 Å². The zero-order valence-electron chi connectivity index (χ0n) is 23.2. The zero-order chi connectivity index (χ0) is 28.1. The van der Waals surface area contributed by atoms with Crippen molar-refractivity contribution in [2.75, 3.05) is 0 Å². The number of nitrogens with zero attached hydrogens (tertiary/aromatic N) is 2. The average Bonchev–Trinajstić information content (AvgIpc) is 3.71. The van der Waals surface area contributed by atoms with Gasteiger partial charge in [-0.2, -0.15) is 0 Å². The van der Waals surface area contributed by atoms with Crippen molar-refractivity contribution < 1.29 is 4.42 Å². The SMILES string of the molecule is c1ccc2cc(-n3c4ccccc4c4cc5c6ccccc6n(-c6cccc7oc8ccccc8c67)c5cc43)ccc2c1. The van der Waals surface area contributed by atoms with Gasteiger partial charge in [0.15, 0.2) is 0 Å². The summed E-state index contributed by atoms with van der Waals surface area (Å²) in [4.78, 5) is 0. The van der Waals surface area contributed by atoms with Crippen LogP contribution in [0.5, 0.6) is 0 Å². The van der Waals surface area contributed by atoms with Crippen LogP contribution in [0.15, 0.2) is 150 Å². The van der Waals surface area contributed by atoms with E-state index in [9.17, 15) is 0 Å². The van der Waals surface area contributed by atoms with Crippen LogP contribution in [0.2, 0.25) is 0 Å². The minimum atomic E-state index is 0.899. The summed E-state index contributed by atoms with van der Waals surface area (Å²) in [5.41, 5.74) is 8.86. The molecule has 10 rings (SSSR count). The Morgan fingerprint density at radius 2 is 1.00 bits per heavy atom. The zero-order valence-corrected chi connectivity index (χ0v) is 23.2. The third kappa shape index (κ3) is 3.08. The van der Waals surface area contributed by atoms with Crippen LogP contribution < -0.4 is 0 Å². The minimum absolute atomic E-state index is 0.899. The third-order valence-electron chi connectivity index (χ3n) is 9.08. The Labute approximate surface area is 246 Å². The number of aromatic nitrogens is 2. The van der Waals surface area contributed by atoms with Crippen molar-refractivity contribution in [3.8, 4) is 11.4 Å². The largest absolute Gasteiger partial charge is 0.456 e. The second-order valence-electron chi connectivity index (χ2n) is 11.4. The van der Waals surface area contributed by atoms with Gasteiger partial charge in [0.1, 0.15) is 11.2 Å². The lowest BCUT2D eigenvalue weighted by molar-refractivity contribution is 0.669. The predicted octanol–water partition coefficient (Wildman–Crippen LogP) is 10.9. The fourth-order valence-electron chi connectivity index (χ4n) is 7.23. The first kappa shape index (κ1) is 22.8. The maximum absolute atomic E-state index is 6.32. The maximum Gasteiger partial charge on any atom is 0.137 e. The lowest BCUT2D eigenvalue weighted by Gasteiger charge is -2.12. The number of fused-ring (bicyclic) bond motifs is 10. The van der Waals surface area contributed by atoms with Crippen LogP contribution >= 0.6 is 0 Å². The normalized spacial score (nSPS) is 12.2. The second-order valence-corrected chi connectivity index (χ2v) is 11.4. The van der Waals surface area contributed by atoms with Crippen LogP contribution in [0.1, 0.15) is 0 Å². The Balaban J connectivity index is 1.38. The van der Waals surface area contributed by atoms with E-state index in [4.69, 9.17) is 4.42 Å². The highest BCUT2D eigenvalue weighted by atomic mass is 16.3. The monoisotopic (exact) mass is 548 g/mol. The van der Waals surface area contributed by atoms with Crippen LogP contribution in [0.3, 0.4) is 0 Å². The molecule has 0 unspecified atom stereocenters. The molecule has 3 heteroatoms. The van der Waals surface area contributed by atoms with Crippen molar-refractivity contribution in [1.29, 1.82) is 0 Å². The molecule has 0 aliphatic rings. The highest BCUT2D eigenvalue weighted by molar-refractivity contribution is 6.20. The fraction of sp³-hybridized carbons (Fsp3) is 0. The highest BCUT2D eigenvalue weighted by Gasteiger charge is 2.20. The number of hydrogen-bond donors (Lipinski definition) is 0. The van der Waals surface area contributed by atoms with E-state index < -0.39 is 0 Å². The molecule has 0 amide bonds. The van der Waals surface area contributed by atoms with Gasteiger partial charge < -0.3 is 13.6 Å². The summed E-state index contributed by atoms with van der Waals surface area (Å²) in [5, 5.41) is 9.75. The molecule has 7 aromatic carbocycles. The summed E-state index contributed by atoms with van der Waals surface area (Å²) < 4.78 is 11.2. The van der Waals surface area contributed by atoms with E-state index in [0.717, 1.165) is 33.3 Å². The molecule has 0 N–H and O–H groups in total. The van der Waals surface area contributed by atoms with Crippen LogP contribution in [0.4, 0.5) is 0 Å². The second kappa shape index (κ2) is 8.37. The molecule has 0 saturated carbocycles. The van der Waals surface area contributed by atoms with Crippen molar-refractivity contribution >= 4 is 76.3 Å². The van der Waals surface area contributed by atoms with E-state index in [0.29, 0.717) is 0 Å². The van der Waals surface area contributed by atoms with Gasteiger partial charge in [0.05, 0.1) is 33.1 Å². The smallest absolute Gasteiger partial charge is 0.137 e. The molecule has 3 nitrogen and oxygen atoms in total. The summed E-state index contributed by atoms with van der Waals surface area (Å²) in [6.45, 7) is 0. The summed E-state index contributed by atoms with van der Waals surface area (Å²) in [7, 11) is 0. The molecular weight excluding hydrogens is 524 g/mol. The van der Waals surface area contributed by atoms with Gasteiger partial charge in [-0.1, -0.05) is 91.0 Å². The standard InChI is InChI=1S/C40H24N2O/c1-2-11-26-22-27(21-20-25(26)10-1)41-33-15-6-3-12-28(33)31-23-32-29-13-4-7-16-34(29)42(37(32)24-36(31)41)35-17-9-19-39-40(35)30-14-5-8-18-38(30)43-39/h1-24H. The van der Waals surface area contributed by atoms with Crippen LogP contribution in [-0.4, -0.2) is 9.13 Å². The Morgan fingerprint density at radius 1 is 0.372 bits per heavy atom. The van der Waals surface area contributed by atoms with E-state index in [1.807, 2.05) is 6.07 Å². The molecular formula is C40H24N2O. The molecule has 0 fully saturated rings. The lowest BCUT2D eigenvalue weighted by Crippen LogP contribution is -1.96. The molecule has 0 atom stereocenters. The first-order valence-corrected chi connectivity index (χ1v) is 14.7. The molecule has 10 aromatic rings. The van der Waals surface area contributed by atoms with E-state index in [1.54, 1.807) is 0 Å². The fourth-order valence-corrected chi connectivity index (χ4v) is 7.23. The topological polar surface area (TPSA) is 23.0 Å². The Hall–Kier alpha value is -5.80. The van der Waals surface area contributed by atoms with Crippen molar-refractivity contribution in [2.24, 2.45) is 0 Å². The predicted molar refractivity (Wildman–Crippen MR) is 180 cm³/mol. The van der Waals surface area contributed by atoms with Crippen molar-refractivity contribution in [3.05, 3.63) is 146 Å². The van der Waals surface area contributed by atoms with Crippen molar-refractivity contribution in [1.82, 2.24) is 9.13 Å². The molecule has 3 heterocycles. The minimum Gasteiger partial charge on any atom is -0.456 e. The number of para-hydroxylation sites is 3. The van der Waals surface area contributed by atoms with E-state index in [-0.39, 0.29) is 0 Å². The number of hydrogen-bond acceptors (Lipinski definition) is 1. The molecule has 0 saturated heterocycles. The molecule has 0 aliphatic heterocycles. The Bertz CT molecular complexity index is 2740. The van der Waals surface area contributed by atoms with Gasteiger partial charge in [-0.15, -0.1) is 0 Å². The maximum atomic E-state index is 6.32. The molecule has 3 aromatic heterocycles. The van der Waals surface area contributed by atoms with Gasteiger partial charge in [-0.3, -0.25) is 0 Å². The Kier molecular flexibility index (Phi) is 4.45. The Morgan fingerprint density at radius 3 is 1.81 bits per heavy atom. The van der Waals surface area contributed by atoms with Gasteiger partial charge in [0.25, 0.3) is 0 Å². The average molecular weight is 549 g/mol. The first-order chi connectivity index (χ1) is 21.3. The summed E-state index contributed by atoms with van der Waals surface area (Å²) >= 11 is 0. The van der Waals surface area contributed by atoms with Crippen LogP contribution in [0, 0.1) is 0 Å². The summed E-state index contributed by atoms with van der Waals surface area (Å²) in [6, 6.07) is 52.4. The van der Waals surface area contributed by atoms with E-state index in [1.165, 1.54) is 54.4 Å². The van der Waals surface area contributed by atoms with Crippen LogP contribution in [0.25, 0.3) is 87.7 Å². The van der Waals surface area contributed by atoms with Crippen LogP contribution in [-0.2, 0) is 0 Å². The summed E-state index contributed by atoms with van der Waals surface area (Å²) in [5.74, 6) is 0. The van der Waals surface area contributed by atoms with Gasteiger partial charge in [-0.25, -0.2) is 0 Å². The van der Waals surface area contributed by atoms with E-state index >= 15 is 0 Å². The molecule has 0 radical (unpaired) electrons. The lowest BCUT2D eigenvalue weighted by atomic mass is 10.1. The molecule has 0 bridgehead atoms. The highest BCUT2D eigenvalue weighted by Crippen LogP contribution is 2.42. The number of rotatable bonds is 2. The molecule has 43 heavy (non-hydrogen) atoms. The van der Waals surface area contributed by atoms with Gasteiger partial charge in [-0.05, 0) is 65.4 Å². The molecule has 0 spiro atoms.